The molecule has 0 saturated heterocycles. The van der Waals surface area contributed by atoms with Crippen molar-refractivity contribution in [1.82, 2.24) is 9.97 Å². The molecular formula is C18H12F2N2. The van der Waals surface area contributed by atoms with E-state index >= 15 is 0 Å². The zero-order chi connectivity index (χ0) is 15.1. The largest absolute Gasteiger partial charge is 0.339 e. The predicted octanol–water partition coefficient (Wildman–Crippen LogP) is 5.32. The summed E-state index contributed by atoms with van der Waals surface area (Å²) < 4.78 is 27.1. The van der Waals surface area contributed by atoms with Crippen molar-refractivity contribution in [1.29, 1.82) is 0 Å². The number of hydrogen-bond donors (Lipinski definition) is 1. The van der Waals surface area contributed by atoms with E-state index < -0.39 is 6.43 Å². The minimum atomic E-state index is -2.55. The third-order valence-electron chi connectivity index (χ3n) is 3.80. The average molecular weight is 294 g/mol. The Labute approximate surface area is 125 Å². The molecule has 0 aliphatic heterocycles. The van der Waals surface area contributed by atoms with E-state index in [4.69, 9.17) is 0 Å². The second kappa shape index (κ2) is 4.91. The van der Waals surface area contributed by atoms with Crippen LogP contribution >= 0.6 is 0 Å². The van der Waals surface area contributed by atoms with Gasteiger partial charge in [0.25, 0.3) is 6.43 Å². The number of fused-ring (bicyclic) bond motifs is 3. The number of pyridine rings is 1. The van der Waals surface area contributed by atoms with Crippen molar-refractivity contribution in [2.24, 2.45) is 0 Å². The summed E-state index contributed by atoms with van der Waals surface area (Å²) in [7, 11) is 0. The van der Waals surface area contributed by atoms with Gasteiger partial charge < -0.3 is 4.98 Å². The fraction of sp³-hybridized carbons (Fsp3) is 0.0556. The molecule has 4 rings (SSSR count). The molecule has 2 heterocycles. The zero-order valence-corrected chi connectivity index (χ0v) is 11.6. The third kappa shape index (κ3) is 1.96. The van der Waals surface area contributed by atoms with Gasteiger partial charge in [-0.15, -0.1) is 0 Å². The number of nitrogens with zero attached hydrogens (tertiary/aromatic N) is 1. The minimum Gasteiger partial charge on any atom is -0.339 e. The van der Waals surface area contributed by atoms with Crippen LogP contribution in [0.3, 0.4) is 0 Å². The summed E-state index contributed by atoms with van der Waals surface area (Å²) >= 11 is 0. The second-order valence-corrected chi connectivity index (χ2v) is 5.16. The highest BCUT2D eigenvalue weighted by Gasteiger charge is 2.18. The molecule has 0 fully saturated rings. The van der Waals surface area contributed by atoms with Crippen LogP contribution in [0.15, 0.2) is 60.7 Å². The van der Waals surface area contributed by atoms with Crippen LogP contribution in [0, 0.1) is 0 Å². The first-order valence-corrected chi connectivity index (χ1v) is 6.99. The third-order valence-corrected chi connectivity index (χ3v) is 3.80. The van der Waals surface area contributed by atoms with E-state index in [9.17, 15) is 8.78 Å². The Balaban J connectivity index is 2.09. The number of H-pyrrole nitrogens is 1. The van der Waals surface area contributed by atoms with E-state index in [0.717, 1.165) is 16.5 Å². The van der Waals surface area contributed by atoms with Gasteiger partial charge >= 0.3 is 0 Å². The number of nitrogens with one attached hydrogen (secondary N) is 1. The highest BCUT2D eigenvalue weighted by molar-refractivity contribution is 6.08. The van der Waals surface area contributed by atoms with Gasteiger partial charge in [-0.25, -0.2) is 13.8 Å². The Morgan fingerprint density at radius 1 is 0.909 bits per heavy atom. The Kier molecular flexibility index (Phi) is 2.89. The maximum absolute atomic E-state index is 13.6. The van der Waals surface area contributed by atoms with E-state index in [1.165, 1.54) is 6.07 Å². The fourth-order valence-corrected chi connectivity index (χ4v) is 2.80. The van der Waals surface area contributed by atoms with Crippen LogP contribution in [0.4, 0.5) is 8.78 Å². The molecular weight excluding hydrogens is 282 g/mol. The molecule has 0 spiro atoms. The molecule has 2 nitrogen and oxygen atoms in total. The average Bonchev–Trinajstić information content (AvgIpc) is 2.93. The summed E-state index contributed by atoms with van der Waals surface area (Å²) in [6, 6.07) is 18.3. The molecule has 2 aromatic carbocycles. The van der Waals surface area contributed by atoms with Crippen molar-refractivity contribution < 1.29 is 8.78 Å². The normalized spacial score (nSPS) is 11.6. The molecule has 2 aromatic heterocycles. The van der Waals surface area contributed by atoms with Crippen LogP contribution in [0.2, 0.25) is 0 Å². The van der Waals surface area contributed by atoms with Crippen LogP contribution in [-0.4, -0.2) is 9.97 Å². The van der Waals surface area contributed by atoms with Gasteiger partial charge in [0, 0.05) is 27.4 Å². The van der Waals surface area contributed by atoms with E-state index in [0.29, 0.717) is 16.7 Å². The van der Waals surface area contributed by atoms with E-state index in [1.807, 2.05) is 54.6 Å². The van der Waals surface area contributed by atoms with Crippen LogP contribution in [0.25, 0.3) is 33.2 Å². The summed E-state index contributed by atoms with van der Waals surface area (Å²) in [5, 5.41) is 1.28. The van der Waals surface area contributed by atoms with E-state index in [1.54, 1.807) is 0 Å². The summed E-state index contributed by atoms with van der Waals surface area (Å²) in [6.45, 7) is 0. The molecule has 0 saturated carbocycles. The van der Waals surface area contributed by atoms with Gasteiger partial charge in [0.1, 0.15) is 5.65 Å². The van der Waals surface area contributed by atoms with Gasteiger partial charge in [-0.1, -0.05) is 48.5 Å². The molecule has 0 aliphatic rings. The van der Waals surface area contributed by atoms with Gasteiger partial charge in [0.05, 0.1) is 5.69 Å². The molecule has 0 atom stereocenters. The Morgan fingerprint density at radius 2 is 1.64 bits per heavy atom. The topological polar surface area (TPSA) is 28.7 Å². The molecule has 0 radical (unpaired) electrons. The van der Waals surface area contributed by atoms with E-state index in [2.05, 4.69) is 9.97 Å². The Morgan fingerprint density at radius 3 is 2.41 bits per heavy atom. The van der Waals surface area contributed by atoms with Crippen LogP contribution in [-0.2, 0) is 0 Å². The summed E-state index contributed by atoms with van der Waals surface area (Å²) in [5.74, 6) is 0. The van der Waals surface area contributed by atoms with Gasteiger partial charge in [-0.05, 0) is 12.1 Å². The van der Waals surface area contributed by atoms with Crippen LogP contribution in [0.5, 0.6) is 0 Å². The number of aromatic amines is 1. The van der Waals surface area contributed by atoms with Gasteiger partial charge in [-0.2, -0.15) is 0 Å². The maximum Gasteiger partial charge on any atom is 0.264 e. The Hall–Kier alpha value is -2.75. The van der Waals surface area contributed by atoms with Gasteiger partial charge in [0.2, 0.25) is 0 Å². The van der Waals surface area contributed by atoms with Crippen molar-refractivity contribution in [2.75, 3.05) is 0 Å². The molecule has 22 heavy (non-hydrogen) atoms. The van der Waals surface area contributed by atoms with Crippen molar-refractivity contribution in [2.45, 2.75) is 6.43 Å². The summed E-state index contributed by atoms with van der Waals surface area (Å²) in [5.41, 5.74) is 2.70. The van der Waals surface area contributed by atoms with E-state index in [-0.39, 0.29) is 5.56 Å². The molecule has 0 unspecified atom stereocenters. The smallest absolute Gasteiger partial charge is 0.264 e. The van der Waals surface area contributed by atoms with Crippen molar-refractivity contribution in [3.05, 3.63) is 66.2 Å². The van der Waals surface area contributed by atoms with Gasteiger partial charge in [-0.3, -0.25) is 0 Å². The monoisotopic (exact) mass is 294 g/mol. The molecule has 1 N–H and O–H groups in total. The van der Waals surface area contributed by atoms with Crippen molar-refractivity contribution in [3.63, 3.8) is 0 Å². The number of benzene rings is 2. The number of aromatic nitrogens is 2. The lowest BCUT2D eigenvalue weighted by Gasteiger charge is -2.07. The fourth-order valence-electron chi connectivity index (χ4n) is 2.80. The number of halogens is 2. The first-order valence-electron chi connectivity index (χ1n) is 6.99. The SMILES string of the molecule is FC(F)c1cc(-c2ccccc2)nc2[nH]c3ccccc3c12. The second-order valence-electron chi connectivity index (χ2n) is 5.16. The standard InChI is InChI=1S/C18H12F2N2/c19-17(20)13-10-15(11-6-2-1-3-7-11)22-18-16(13)12-8-4-5-9-14(12)21-18/h1-10,17H,(H,21,22). The molecule has 0 aliphatic carbocycles. The lowest BCUT2D eigenvalue weighted by atomic mass is 10.0. The Bertz CT molecular complexity index is 959. The first kappa shape index (κ1) is 13.0. The highest BCUT2D eigenvalue weighted by atomic mass is 19.3. The van der Waals surface area contributed by atoms with Crippen molar-refractivity contribution >= 4 is 21.9 Å². The van der Waals surface area contributed by atoms with Crippen LogP contribution in [0.1, 0.15) is 12.0 Å². The number of rotatable bonds is 2. The summed E-state index contributed by atoms with van der Waals surface area (Å²) in [6.07, 6.45) is -2.55. The number of alkyl halides is 2. The minimum absolute atomic E-state index is 0.0151. The zero-order valence-electron chi connectivity index (χ0n) is 11.6. The molecule has 4 aromatic rings. The first-order chi connectivity index (χ1) is 10.7. The quantitative estimate of drug-likeness (QED) is 0.532. The lowest BCUT2D eigenvalue weighted by molar-refractivity contribution is 0.153. The molecule has 108 valence electrons. The summed E-state index contributed by atoms with van der Waals surface area (Å²) in [4.78, 5) is 7.68. The molecule has 0 bridgehead atoms. The number of hydrogen-bond acceptors (Lipinski definition) is 1. The predicted molar refractivity (Wildman–Crippen MR) is 84.0 cm³/mol. The van der Waals surface area contributed by atoms with Crippen LogP contribution < -0.4 is 0 Å². The highest BCUT2D eigenvalue weighted by Crippen LogP contribution is 2.35. The molecule has 0 amide bonds. The number of para-hydroxylation sites is 1. The van der Waals surface area contributed by atoms with Crippen molar-refractivity contribution in [3.8, 4) is 11.3 Å². The maximum atomic E-state index is 13.6. The van der Waals surface area contributed by atoms with Gasteiger partial charge in [0.15, 0.2) is 0 Å². The molecule has 4 heteroatoms. The lowest BCUT2D eigenvalue weighted by Crippen LogP contribution is -1.92.